The topological polar surface area (TPSA) is 89.3 Å². The van der Waals surface area contributed by atoms with Crippen molar-refractivity contribution >= 4 is 22.5 Å². The van der Waals surface area contributed by atoms with Gasteiger partial charge in [-0.05, 0) is 38.8 Å². The summed E-state index contributed by atoms with van der Waals surface area (Å²) in [6, 6.07) is 7.94. The Bertz CT molecular complexity index is 812. The second-order valence-corrected chi connectivity index (χ2v) is 8.46. The van der Waals surface area contributed by atoms with Crippen molar-refractivity contribution in [3.63, 3.8) is 0 Å². The molecule has 0 spiro atoms. The molecule has 1 amide bonds. The number of amides is 1. The van der Waals surface area contributed by atoms with Gasteiger partial charge in [0.2, 0.25) is 5.91 Å². The lowest BCUT2D eigenvalue weighted by Crippen LogP contribution is -2.38. The minimum atomic E-state index is -0.471. The fourth-order valence-electron chi connectivity index (χ4n) is 2.97. The summed E-state index contributed by atoms with van der Waals surface area (Å²) in [4.78, 5) is 16.5. The molecule has 0 saturated carbocycles. The lowest BCUT2D eigenvalue weighted by molar-refractivity contribution is -0.121. The highest BCUT2D eigenvalue weighted by Gasteiger charge is 2.17. The van der Waals surface area contributed by atoms with E-state index in [2.05, 4.69) is 50.5 Å². The van der Waals surface area contributed by atoms with E-state index in [4.69, 9.17) is 15.5 Å². The smallest absolute Gasteiger partial charge is 0.236 e. The molecule has 0 aliphatic heterocycles. The molecule has 2 atom stereocenters. The van der Waals surface area contributed by atoms with E-state index in [1.165, 1.54) is 0 Å². The third kappa shape index (κ3) is 5.83. The number of hydrogen-bond acceptors (Lipinski definition) is 5. The van der Waals surface area contributed by atoms with Gasteiger partial charge in [0.1, 0.15) is 5.75 Å². The summed E-state index contributed by atoms with van der Waals surface area (Å²) in [6.45, 7) is 10.9. The van der Waals surface area contributed by atoms with Gasteiger partial charge in [0.05, 0.1) is 24.4 Å². The Morgan fingerprint density at radius 1 is 1.25 bits per heavy atom. The third-order valence-electron chi connectivity index (χ3n) is 4.70. The monoisotopic (exact) mass is 386 g/mol. The maximum Gasteiger partial charge on any atom is 0.236 e. The van der Waals surface area contributed by atoms with Crippen LogP contribution in [0.3, 0.4) is 0 Å². The van der Waals surface area contributed by atoms with Gasteiger partial charge in [-0.3, -0.25) is 9.78 Å². The number of nitrogens with one attached hydrogen (secondary N) is 2. The predicted molar refractivity (Wildman–Crippen MR) is 116 cm³/mol. The molecule has 154 valence electrons. The first-order chi connectivity index (χ1) is 13.1. The van der Waals surface area contributed by atoms with E-state index < -0.39 is 6.04 Å². The van der Waals surface area contributed by atoms with Crippen LogP contribution >= 0.6 is 0 Å². The molecule has 6 heteroatoms. The van der Waals surface area contributed by atoms with Crippen molar-refractivity contribution in [3.05, 3.63) is 30.0 Å². The van der Waals surface area contributed by atoms with Crippen LogP contribution < -0.4 is 21.1 Å². The third-order valence-corrected chi connectivity index (χ3v) is 4.70. The van der Waals surface area contributed by atoms with E-state index in [0.29, 0.717) is 6.54 Å². The molecule has 0 radical (unpaired) electrons. The number of fused-ring (bicyclic) bond motifs is 1. The Hall–Kier alpha value is -2.34. The lowest BCUT2D eigenvalue weighted by atomic mass is 9.91. The molecular formula is C22H34N4O2. The SMILES string of the molecule is COc1cc(N[C@@H](C)CCCNC(=O)C(C)N)c2nc(C(C)(C)C)ccc2c1. The lowest BCUT2D eigenvalue weighted by Gasteiger charge is -2.21. The van der Waals surface area contributed by atoms with Crippen molar-refractivity contribution in [2.75, 3.05) is 19.0 Å². The Kier molecular flexibility index (Phi) is 7.24. The number of methoxy groups -OCH3 is 1. The molecule has 0 saturated heterocycles. The quantitative estimate of drug-likeness (QED) is 0.603. The van der Waals surface area contributed by atoms with Crippen LogP contribution in [0.15, 0.2) is 24.3 Å². The van der Waals surface area contributed by atoms with Gasteiger partial charge in [-0.2, -0.15) is 0 Å². The van der Waals surface area contributed by atoms with Crippen LogP contribution in [0.5, 0.6) is 5.75 Å². The molecule has 0 bridgehead atoms. The Morgan fingerprint density at radius 3 is 2.57 bits per heavy atom. The van der Waals surface area contributed by atoms with Crippen molar-refractivity contribution < 1.29 is 9.53 Å². The van der Waals surface area contributed by atoms with Crippen LogP contribution in [-0.4, -0.2) is 36.6 Å². The van der Waals surface area contributed by atoms with E-state index in [1.807, 2.05) is 12.1 Å². The van der Waals surface area contributed by atoms with Gasteiger partial charge in [-0.25, -0.2) is 0 Å². The summed E-state index contributed by atoms with van der Waals surface area (Å²) in [5, 5.41) is 7.47. The van der Waals surface area contributed by atoms with E-state index in [0.717, 1.165) is 40.9 Å². The molecule has 2 aromatic rings. The summed E-state index contributed by atoms with van der Waals surface area (Å²) in [5.41, 5.74) is 8.51. The first-order valence-electron chi connectivity index (χ1n) is 9.91. The average Bonchev–Trinajstić information content (AvgIpc) is 2.63. The molecule has 0 fully saturated rings. The van der Waals surface area contributed by atoms with E-state index >= 15 is 0 Å². The number of rotatable bonds is 8. The van der Waals surface area contributed by atoms with Gasteiger partial charge in [0.25, 0.3) is 0 Å². The number of anilines is 1. The molecule has 1 aromatic heterocycles. The molecule has 1 unspecified atom stereocenters. The molecule has 1 heterocycles. The van der Waals surface area contributed by atoms with Crippen LogP contribution in [0.25, 0.3) is 10.9 Å². The van der Waals surface area contributed by atoms with Crippen molar-refractivity contribution in [3.8, 4) is 5.75 Å². The molecule has 1 aromatic carbocycles. The number of nitrogens with two attached hydrogens (primary N) is 1. The number of aromatic nitrogens is 1. The van der Waals surface area contributed by atoms with Crippen LogP contribution in [0.2, 0.25) is 0 Å². The van der Waals surface area contributed by atoms with E-state index in [9.17, 15) is 4.79 Å². The van der Waals surface area contributed by atoms with Crippen molar-refractivity contribution in [1.29, 1.82) is 0 Å². The minimum Gasteiger partial charge on any atom is -0.497 e. The number of nitrogens with zero attached hydrogens (tertiary/aromatic N) is 1. The molecule has 0 aliphatic carbocycles. The van der Waals surface area contributed by atoms with E-state index in [-0.39, 0.29) is 17.4 Å². The van der Waals surface area contributed by atoms with Crippen molar-refractivity contribution in [1.82, 2.24) is 10.3 Å². The predicted octanol–water partition coefficient (Wildman–Crippen LogP) is 3.58. The Labute approximate surface area is 168 Å². The summed E-state index contributed by atoms with van der Waals surface area (Å²) in [6.07, 6.45) is 1.78. The van der Waals surface area contributed by atoms with Gasteiger partial charge in [0.15, 0.2) is 0 Å². The van der Waals surface area contributed by atoms with Crippen molar-refractivity contribution in [2.24, 2.45) is 5.73 Å². The maximum atomic E-state index is 11.5. The number of hydrogen-bond donors (Lipinski definition) is 3. The molecular weight excluding hydrogens is 352 g/mol. The first-order valence-corrected chi connectivity index (χ1v) is 9.91. The second-order valence-electron chi connectivity index (χ2n) is 8.46. The zero-order valence-corrected chi connectivity index (χ0v) is 17.9. The average molecular weight is 387 g/mol. The first kappa shape index (κ1) is 22.0. The van der Waals surface area contributed by atoms with Gasteiger partial charge >= 0.3 is 0 Å². The highest BCUT2D eigenvalue weighted by atomic mass is 16.5. The molecule has 0 aliphatic rings. The van der Waals surface area contributed by atoms with Crippen LogP contribution in [0, 0.1) is 0 Å². The van der Waals surface area contributed by atoms with Crippen molar-refractivity contribution in [2.45, 2.75) is 65.0 Å². The second kappa shape index (κ2) is 9.24. The number of carbonyl (C=O) groups excluding carboxylic acids is 1. The number of pyridine rings is 1. The number of benzene rings is 1. The Morgan fingerprint density at radius 2 is 1.96 bits per heavy atom. The highest BCUT2D eigenvalue weighted by Crippen LogP contribution is 2.31. The van der Waals surface area contributed by atoms with E-state index in [1.54, 1.807) is 14.0 Å². The fourth-order valence-corrected chi connectivity index (χ4v) is 2.97. The zero-order chi connectivity index (χ0) is 20.9. The highest BCUT2D eigenvalue weighted by molar-refractivity contribution is 5.92. The molecule has 2 rings (SSSR count). The minimum absolute atomic E-state index is 0.0185. The Balaban J connectivity index is 2.14. The number of ether oxygens (including phenoxy) is 1. The van der Waals surface area contributed by atoms with Crippen LogP contribution in [-0.2, 0) is 10.2 Å². The fraction of sp³-hybridized carbons (Fsp3) is 0.545. The van der Waals surface area contributed by atoms with Crippen LogP contribution in [0.4, 0.5) is 5.69 Å². The summed E-state index contributed by atoms with van der Waals surface area (Å²) >= 11 is 0. The molecule has 4 N–H and O–H groups in total. The van der Waals surface area contributed by atoms with Gasteiger partial charge in [0, 0.05) is 35.1 Å². The summed E-state index contributed by atoms with van der Waals surface area (Å²) in [7, 11) is 1.67. The largest absolute Gasteiger partial charge is 0.497 e. The number of carbonyl (C=O) groups is 1. The van der Waals surface area contributed by atoms with Gasteiger partial charge in [-0.15, -0.1) is 0 Å². The van der Waals surface area contributed by atoms with Gasteiger partial charge in [-0.1, -0.05) is 26.8 Å². The summed E-state index contributed by atoms with van der Waals surface area (Å²) < 4.78 is 5.46. The normalized spacial score (nSPS) is 13.8. The van der Waals surface area contributed by atoms with Gasteiger partial charge < -0.3 is 21.1 Å². The standard InChI is InChI=1S/C22H34N4O2/c1-14(8-7-11-24-21(27)15(2)23)25-18-13-17(28-6)12-16-9-10-19(22(3,4)5)26-20(16)18/h9-10,12-15,25H,7-8,11,23H2,1-6H3,(H,24,27)/t14-,15?/m0/s1. The molecule has 28 heavy (non-hydrogen) atoms. The van der Waals surface area contributed by atoms with Crippen LogP contribution in [0.1, 0.15) is 53.2 Å². The molecule has 6 nitrogen and oxygen atoms in total. The zero-order valence-electron chi connectivity index (χ0n) is 17.9. The maximum absolute atomic E-state index is 11.5. The summed E-state index contributed by atoms with van der Waals surface area (Å²) in [5.74, 6) is 0.690.